The summed E-state index contributed by atoms with van der Waals surface area (Å²) >= 11 is 0. The van der Waals surface area contributed by atoms with E-state index in [0.717, 1.165) is 29.8 Å². The van der Waals surface area contributed by atoms with E-state index in [1.54, 1.807) is 0 Å². The highest BCUT2D eigenvalue weighted by Crippen LogP contribution is 2.38. The summed E-state index contributed by atoms with van der Waals surface area (Å²) < 4.78 is 0. The third-order valence-electron chi connectivity index (χ3n) is 4.23. The molecule has 1 aromatic heterocycles. The van der Waals surface area contributed by atoms with E-state index in [0.29, 0.717) is 5.92 Å². The molecule has 1 saturated carbocycles. The molecule has 0 radical (unpaired) electrons. The summed E-state index contributed by atoms with van der Waals surface area (Å²) in [5, 5.41) is 3.35. The van der Waals surface area contributed by atoms with Gasteiger partial charge in [-0.05, 0) is 46.0 Å². The molecule has 3 nitrogen and oxygen atoms in total. The molecule has 0 amide bonds. The van der Waals surface area contributed by atoms with Gasteiger partial charge in [0.05, 0.1) is 0 Å². The molecule has 2 rings (SSSR count). The number of nitrogens with zero attached hydrogens (tertiary/aromatic N) is 2. The fourth-order valence-electron chi connectivity index (χ4n) is 2.85. The average molecular weight is 247 g/mol. The Hall–Kier alpha value is -1.12. The third kappa shape index (κ3) is 2.65. The Morgan fingerprint density at radius 2 is 1.94 bits per heavy atom. The van der Waals surface area contributed by atoms with Crippen LogP contribution >= 0.6 is 0 Å². The van der Waals surface area contributed by atoms with E-state index < -0.39 is 0 Å². The molecule has 1 heterocycles. The maximum Gasteiger partial charge on any atom is 0.134 e. The summed E-state index contributed by atoms with van der Waals surface area (Å²) in [6.45, 7) is 9.50. The SMILES string of the molecule is CCNc1nc(C2CCC(CC)C2)nc(C)c1C. The van der Waals surface area contributed by atoms with E-state index in [1.807, 2.05) is 0 Å². The van der Waals surface area contributed by atoms with E-state index in [4.69, 9.17) is 9.97 Å². The predicted molar refractivity (Wildman–Crippen MR) is 76.0 cm³/mol. The first-order chi connectivity index (χ1) is 8.65. The van der Waals surface area contributed by atoms with Gasteiger partial charge >= 0.3 is 0 Å². The summed E-state index contributed by atoms with van der Waals surface area (Å²) in [5.74, 6) is 3.54. The largest absolute Gasteiger partial charge is 0.370 e. The zero-order valence-electron chi connectivity index (χ0n) is 12.1. The molecule has 0 saturated heterocycles. The molecule has 3 heteroatoms. The molecule has 2 unspecified atom stereocenters. The quantitative estimate of drug-likeness (QED) is 0.879. The zero-order chi connectivity index (χ0) is 13.1. The second-order valence-corrected chi connectivity index (χ2v) is 5.46. The molecule has 0 aromatic carbocycles. The highest BCUT2D eigenvalue weighted by molar-refractivity contribution is 5.45. The van der Waals surface area contributed by atoms with Crippen LogP contribution in [0.15, 0.2) is 0 Å². The Morgan fingerprint density at radius 3 is 2.56 bits per heavy atom. The van der Waals surface area contributed by atoms with Gasteiger partial charge in [-0.2, -0.15) is 0 Å². The van der Waals surface area contributed by atoms with E-state index in [9.17, 15) is 0 Å². The van der Waals surface area contributed by atoms with Crippen LogP contribution in [-0.2, 0) is 0 Å². The van der Waals surface area contributed by atoms with Crippen LogP contribution in [0.25, 0.3) is 0 Å². The third-order valence-corrected chi connectivity index (χ3v) is 4.23. The normalized spacial score (nSPS) is 23.3. The minimum Gasteiger partial charge on any atom is -0.370 e. The van der Waals surface area contributed by atoms with Crippen molar-refractivity contribution in [3.8, 4) is 0 Å². The highest BCUT2D eigenvalue weighted by Gasteiger charge is 2.27. The second-order valence-electron chi connectivity index (χ2n) is 5.46. The first kappa shape index (κ1) is 13.3. The smallest absolute Gasteiger partial charge is 0.134 e. The molecule has 0 aliphatic heterocycles. The van der Waals surface area contributed by atoms with Crippen molar-refractivity contribution in [3.63, 3.8) is 0 Å². The Bertz CT molecular complexity index is 414. The summed E-state index contributed by atoms with van der Waals surface area (Å²) in [6.07, 6.45) is 5.16. The van der Waals surface area contributed by atoms with Crippen molar-refractivity contribution in [2.45, 2.75) is 59.3 Å². The van der Waals surface area contributed by atoms with Crippen molar-refractivity contribution in [3.05, 3.63) is 17.1 Å². The highest BCUT2D eigenvalue weighted by atomic mass is 15.0. The number of hydrogen-bond acceptors (Lipinski definition) is 3. The molecule has 1 aromatic rings. The van der Waals surface area contributed by atoms with E-state index in [-0.39, 0.29) is 0 Å². The number of nitrogens with one attached hydrogen (secondary N) is 1. The molecular formula is C15H25N3. The monoisotopic (exact) mass is 247 g/mol. The first-order valence-corrected chi connectivity index (χ1v) is 7.24. The van der Waals surface area contributed by atoms with Crippen LogP contribution in [0, 0.1) is 19.8 Å². The maximum absolute atomic E-state index is 4.75. The Labute approximate surface area is 110 Å². The van der Waals surface area contributed by atoms with Gasteiger partial charge < -0.3 is 5.32 Å². The van der Waals surface area contributed by atoms with Gasteiger partial charge in [-0.25, -0.2) is 9.97 Å². The predicted octanol–water partition coefficient (Wildman–Crippen LogP) is 3.82. The molecular weight excluding hydrogens is 222 g/mol. The number of aryl methyl sites for hydroxylation is 1. The van der Waals surface area contributed by atoms with Crippen molar-refractivity contribution >= 4 is 5.82 Å². The summed E-state index contributed by atoms with van der Waals surface area (Å²) in [5.41, 5.74) is 2.31. The van der Waals surface area contributed by atoms with Crippen LogP contribution in [0.3, 0.4) is 0 Å². The van der Waals surface area contributed by atoms with E-state index in [2.05, 4.69) is 33.0 Å². The lowest BCUT2D eigenvalue weighted by molar-refractivity contribution is 0.516. The van der Waals surface area contributed by atoms with Crippen molar-refractivity contribution in [2.75, 3.05) is 11.9 Å². The fourth-order valence-corrected chi connectivity index (χ4v) is 2.85. The van der Waals surface area contributed by atoms with Gasteiger partial charge in [-0.3, -0.25) is 0 Å². The number of aromatic nitrogens is 2. The standard InChI is InChI=1S/C15H25N3/c1-5-12-7-8-13(9-12)15-17-11(4)10(3)14(18-15)16-6-2/h12-13H,5-9H2,1-4H3,(H,16,17,18). The van der Waals surface area contributed by atoms with Crippen molar-refractivity contribution in [1.82, 2.24) is 9.97 Å². The van der Waals surface area contributed by atoms with Crippen LogP contribution in [-0.4, -0.2) is 16.5 Å². The summed E-state index contributed by atoms with van der Waals surface area (Å²) in [7, 11) is 0. The molecule has 0 spiro atoms. The van der Waals surface area contributed by atoms with Crippen LogP contribution in [0.5, 0.6) is 0 Å². The molecule has 1 aliphatic carbocycles. The number of hydrogen-bond donors (Lipinski definition) is 1. The minimum atomic E-state index is 0.576. The number of anilines is 1. The molecule has 0 bridgehead atoms. The lowest BCUT2D eigenvalue weighted by atomic mass is 10.0. The van der Waals surface area contributed by atoms with Crippen LogP contribution in [0.1, 0.15) is 62.5 Å². The Kier molecular flexibility index (Phi) is 4.20. The lowest BCUT2D eigenvalue weighted by Gasteiger charge is -2.14. The molecule has 1 N–H and O–H groups in total. The van der Waals surface area contributed by atoms with Gasteiger partial charge in [-0.15, -0.1) is 0 Å². The van der Waals surface area contributed by atoms with Gasteiger partial charge in [-0.1, -0.05) is 13.3 Å². The summed E-state index contributed by atoms with van der Waals surface area (Å²) in [6, 6.07) is 0. The van der Waals surface area contributed by atoms with Crippen LogP contribution in [0.2, 0.25) is 0 Å². The van der Waals surface area contributed by atoms with Gasteiger partial charge in [0, 0.05) is 23.7 Å². The Morgan fingerprint density at radius 1 is 1.17 bits per heavy atom. The first-order valence-electron chi connectivity index (χ1n) is 7.24. The molecule has 1 aliphatic rings. The van der Waals surface area contributed by atoms with Crippen molar-refractivity contribution < 1.29 is 0 Å². The van der Waals surface area contributed by atoms with Gasteiger partial charge in [0.2, 0.25) is 0 Å². The van der Waals surface area contributed by atoms with Gasteiger partial charge in [0.15, 0.2) is 0 Å². The topological polar surface area (TPSA) is 37.8 Å². The molecule has 1 fully saturated rings. The zero-order valence-corrected chi connectivity index (χ0v) is 12.1. The van der Waals surface area contributed by atoms with Gasteiger partial charge in [0.25, 0.3) is 0 Å². The second kappa shape index (κ2) is 5.68. The van der Waals surface area contributed by atoms with E-state index in [1.165, 1.54) is 31.2 Å². The van der Waals surface area contributed by atoms with Gasteiger partial charge in [0.1, 0.15) is 11.6 Å². The van der Waals surface area contributed by atoms with Crippen molar-refractivity contribution in [2.24, 2.45) is 5.92 Å². The van der Waals surface area contributed by atoms with Crippen molar-refractivity contribution in [1.29, 1.82) is 0 Å². The fraction of sp³-hybridized carbons (Fsp3) is 0.733. The molecule has 2 atom stereocenters. The van der Waals surface area contributed by atoms with Crippen LogP contribution in [0.4, 0.5) is 5.82 Å². The van der Waals surface area contributed by atoms with Crippen LogP contribution < -0.4 is 5.32 Å². The minimum absolute atomic E-state index is 0.576. The van der Waals surface area contributed by atoms with E-state index >= 15 is 0 Å². The lowest BCUT2D eigenvalue weighted by Crippen LogP contribution is -2.10. The Balaban J connectivity index is 2.23. The average Bonchev–Trinajstić information content (AvgIpc) is 2.83. The molecule has 18 heavy (non-hydrogen) atoms. The summed E-state index contributed by atoms with van der Waals surface area (Å²) in [4.78, 5) is 9.47. The molecule has 100 valence electrons. The number of rotatable bonds is 4. The maximum atomic E-state index is 4.75.